The van der Waals surface area contributed by atoms with Crippen molar-refractivity contribution in [3.8, 4) is 11.4 Å². The summed E-state index contributed by atoms with van der Waals surface area (Å²) in [4.78, 5) is 12.7. The molecule has 7 nitrogen and oxygen atoms in total. The van der Waals surface area contributed by atoms with Gasteiger partial charge in [0.25, 0.3) is 0 Å². The normalized spacial score (nSPS) is 12.2. The molecule has 2 aromatic heterocycles. The summed E-state index contributed by atoms with van der Waals surface area (Å²) >= 11 is 1.37. The van der Waals surface area contributed by atoms with Crippen molar-refractivity contribution in [1.29, 1.82) is 0 Å². The number of allylic oxidation sites excluding steroid dienone is 1. The Morgan fingerprint density at radius 2 is 2.07 bits per heavy atom. The molecule has 152 valence electrons. The molecule has 29 heavy (non-hydrogen) atoms. The average Bonchev–Trinajstić information content (AvgIpc) is 3.29. The van der Waals surface area contributed by atoms with Gasteiger partial charge in [-0.3, -0.25) is 9.36 Å². The van der Waals surface area contributed by atoms with Crippen molar-refractivity contribution in [2.45, 2.75) is 50.7 Å². The highest BCUT2D eigenvalue weighted by atomic mass is 32.2. The van der Waals surface area contributed by atoms with Crippen LogP contribution in [-0.2, 0) is 11.3 Å². The first kappa shape index (κ1) is 20.9. The van der Waals surface area contributed by atoms with Crippen LogP contribution in [0.3, 0.4) is 0 Å². The van der Waals surface area contributed by atoms with Crippen LogP contribution in [0.5, 0.6) is 0 Å². The molecule has 0 fully saturated rings. The standard InChI is InChI=1S/C21H26N6OS/c1-6-12-26-19(17-9-7-8-15(4)13-17)24-25-21(26)29-16(5)20(28)23-18-10-11-22-27(18)14(2)3/h6-11,13-14,16H,1,12H2,2-5H3,(H,23,28). The smallest absolute Gasteiger partial charge is 0.238 e. The number of carbonyl (C=O) groups is 1. The molecule has 0 aliphatic heterocycles. The number of hydrogen-bond donors (Lipinski definition) is 1. The van der Waals surface area contributed by atoms with E-state index in [4.69, 9.17) is 0 Å². The highest BCUT2D eigenvalue weighted by molar-refractivity contribution is 8.00. The quantitative estimate of drug-likeness (QED) is 0.442. The van der Waals surface area contributed by atoms with Gasteiger partial charge in [-0.15, -0.1) is 16.8 Å². The Morgan fingerprint density at radius 1 is 1.28 bits per heavy atom. The van der Waals surface area contributed by atoms with Crippen LogP contribution in [0.1, 0.15) is 32.4 Å². The van der Waals surface area contributed by atoms with Crippen molar-refractivity contribution >= 4 is 23.5 Å². The number of benzene rings is 1. The van der Waals surface area contributed by atoms with Gasteiger partial charge in [0.1, 0.15) is 5.82 Å². The Labute approximate surface area is 175 Å². The number of amides is 1. The molecule has 0 aliphatic rings. The minimum Gasteiger partial charge on any atom is -0.310 e. The maximum atomic E-state index is 12.7. The summed E-state index contributed by atoms with van der Waals surface area (Å²) in [5.41, 5.74) is 2.14. The average molecular weight is 411 g/mol. The molecule has 3 rings (SSSR count). The number of thioether (sulfide) groups is 1. The molecule has 1 N–H and O–H groups in total. The van der Waals surface area contributed by atoms with Crippen LogP contribution in [0, 0.1) is 6.92 Å². The predicted octanol–water partition coefficient (Wildman–Crippen LogP) is 4.34. The first-order chi connectivity index (χ1) is 13.9. The van der Waals surface area contributed by atoms with E-state index in [-0.39, 0.29) is 17.2 Å². The largest absolute Gasteiger partial charge is 0.310 e. The molecule has 3 aromatic rings. The lowest BCUT2D eigenvalue weighted by molar-refractivity contribution is -0.115. The number of aromatic nitrogens is 5. The van der Waals surface area contributed by atoms with E-state index in [1.165, 1.54) is 11.8 Å². The van der Waals surface area contributed by atoms with Crippen molar-refractivity contribution in [2.24, 2.45) is 0 Å². The summed E-state index contributed by atoms with van der Waals surface area (Å²) in [5, 5.41) is 16.2. The number of rotatable bonds is 8. The van der Waals surface area contributed by atoms with E-state index in [0.717, 1.165) is 17.0 Å². The minimum absolute atomic E-state index is 0.109. The third-order valence-electron chi connectivity index (χ3n) is 4.37. The molecule has 1 aromatic carbocycles. The van der Waals surface area contributed by atoms with Gasteiger partial charge in [0.2, 0.25) is 5.91 Å². The molecule has 0 aliphatic carbocycles. The Balaban J connectivity index is 1.79. The van der Waals surface area contributed by atoms with E-state index < -0.39 is 0 Å². The van der Waals surface area contributed by atoms with Gasteiger partial charge in [-0.2, -0.15) is 5.10 Å². The molecule has 0 bridgehead atoms. The predicted molar refractivity (Wildman–Crippen MR) is 117 cm³/mol. The van der Waals surface area contributed by atoms with Gasteiger partial charge in [0.05, 0.1) is 11.4 Å². The summed E-state index contributed by atoms with van der Waals surface area (Å²) in [5.74, 6) is 1.34. The lowest BCUT2D eigenvalue weighted by Crippen LogP contribution is -2.25. The van der Waals surface area contributed by atoms with E-state index in [2.05, 4.69) is 33.3 Å². The molecule has 0 saturated heterocycles. The van der Waals surface area contributed by atoms with E-state index in [1.807, 2.05) is 50.5 Å². The van der Waals surface area contributed by atoms with Gasteiger partial charge in [0.15, 0.2) is 11.0 Å². The number of hydrogen-bond acceptors (Lipinski definition) is 5. The highest BCUT2D eigenvalue weighted by Gasteiger charge is 2.21. The Kier molecular flexibility index (Phi) is 6.53. The van der Waals surface area contributed by atoms with Crippen molar-refractivity contribution in [3.05, 3.63) is 54.7 Å². The lowest BCUT2D eigenvalue weighted by Gasteiger charge is -2.15. The summed E-state index contributed by atoms with van der Waals surface area (Å²) < 4.78 is 3.76. The number of nitrogens with zero attached hydrogens (tertiary/aromatic N) is 5. The summed E-state index contributed by atoms with van der Waals surface area (Å²) in [6, 6.07) is 10.1. The van der Waals surface area contributed by atoms with Crippen LogP contribution in [0.15, 0.2) is 54.3 Å². The summed E-state index contributed by atoms with van der Waals surface area (Å²) in [6.07, 6.45) is 3.49. The fraction of sp³-hybridized carbons (Fsp3) is 0.333. The molecule has 1 unspecified atom stereocenters. The second kappa shape index (κ2) is 9.09. The van der Waals surface area contributed by atoms with Crippen LogP contribution in [-0.4, -0.2) is 35.7 Å². The number of nitrogens with one attached hydrogen (secondary N) is 1. The Hall–Kier alpha value is -2.87. The van der Waals surface area contributed by atoms with E-state index in [9.17, 15) is 4.79 Å². The fourth-order valence-electron chi connectivity index (χ4n) is 2.93. The summed E-state index contributed by atoms with van der Waals surface area (Å²) in [7, 11) is 0. The van der Waals surface area contributed by atoms with E-state index in [0.29, 0.717) is 17.5 Å². The van der Waals surface area contributed by atoms with Gasteiger partial charge in [-0.05, 0) is 33.8 Å². The number of carbonyl (C=O) groups excluding carboxylic acids is 1. The Morgan fingerprint density at radius 3 is 2.76 bits per heavy atom. The van der Waals surface area contributed by atoms with Gasteiger partial charge in [-0.25, -0.2) is 4.68 Å². The third kappa shape index (κ3) is 4.76. The van der Waals surface area contributed by atoms with Gasteiger partial charge >= 0.3 is 0 Å². The van der Waals surface area contributed by atoms with Gasteiger partial charge < -0.3 is 5.32 Å². The number of aryl methyl sites for hydroxylation is 1. The second-order valence-corrected chi connectivity index (χ2v) is 8.39. The molecule has 8 heteroatoms. The molecule has 0 saturated carbocycles. The zero-order chi connectivity index (χ0) is 21.0. The maximum absolute atomic E-state index is 12.7. The van der Waals surface area contributed by atoms with Crippen molar-refractivity contribution in [1.82, 2.24) is 24.5 Å². The van der Waals surface area contributed by atoms with Crippen molar-refractivity contribution in [3.63, 3.8) is 0 Å². The van der Waals surface area contributed by atoms with Crippen LogP contribution in [0.4, 0.5) is 5.82 Å². The monoisotopic (exact) mass is 410 g/mol. The van der Waals surface area contributed by atoms with Crippen molar-refractivity contribution in [2.75, 3.05) is 5.32 Å². The van der Waals surface area contributed by atoms with Crippen molar-refractivity contribution < 1.29 is 4.79 Å². The van der Waals surface area contributed by atoms with E-state index in [1.54, 1.807) is 23.0 Å². The molecule has 1 amide bonds. The molecule has 0 spiro atoms. The van der Waals surface area contributed by atoms with Gasteiger partial charge in [-0.1, -0.05) is 41.6 Å². The lowest BCUT2D eigenvalue weighted by atomic mass is 10.1. The van der Waals surface area contributed by atoms with E-state index >= 15 is 0 Å². The molecule has 0 radical (unpaired) electrons. The molecule has 1 atom stereocenters. The second-order valence-electron chi connectivity index (χ2n) is 7.08. The zero-order valence-corrected chi connectivity index (χ0v) is 18.0. The fourth-order valence-corrected chi connectivity index (χ4v) is 3.79. The zero-order valence-electron chi connectivity index (χ0n) is 17.2. The summed E-state index contributed by atoms with van der Waals surface area (Å²) in [6.45, 7) is 12.3. The molecule has 2 heterocycles. The maximum Gasteiger partial charge on any atom is 0.238 e. The topological polar surface area (TPSA) is 77.6 Å². The first-order valence-electron chi connectivity index (χ1n) is 9.53. The van der Waals surface area contributed by atoms with Crippen LogP contribution >= 0.6 is 11.8 Å². The number of anilines is 1. The molecular weight excluding hydrogens is 384 g/mol. The third-order valence-corrected chi connectivity index (χ3v) is 5.45. The van der Waals surface area contributed by atoms with Crippen LogP contribution in [0.25, 0.3) is 11.4 Å². The molecular formula is C21H26N6OS. The van der Waals surface area contributed by atoms with Crippen LogP contribution in [0.2, 0.25) is 0 Å². The van der Waals surface area contributed by atoms with Crippen LogP contribution < -0.4 is 5.32 Å². The minimum atomic E-state index is -0.358. The Bertz CT molecular complexity index is 1010. The first-order valence-corrected chi connectivity index (χ1v) is 10.4. The highest BCUT2D eigenvalue weighted by Crippen LogP contribution is 2.28. The SMILES string of the molecule is C=CCn1c(SC(C)C(=O)Nc2ccnn2C(C)C)nnc1-c1cccc(C)c1. The van der Waals surface area contributed by atoms with Gasteiger partial charge in [0, 0.05) is 24.2 Å².